The Labute approximate surface area is 114 Å². The molecule has 0 saturated heterocycles. The summed E-state index contributed by atoms with van der Waals surface area (Å²) in [6.45, 7) is 7.81. The van der Waals surface area contributed by atoms with Crippen LogP contribution >= 0.6 is 0 Å². The molecular weight excluding hydrogens is 242 g/mol. The van der Waals surface area contributed by atoms with Crippen LogP contribution in [-0.4, -0.2) is 10.3 Å². The number of quaternary nitrogens is 1. The van der Waals surface area contributed by atoms with E-state index in [1.807, 2.05) is 13.0 Å². The highest BCUT2D eigenvalue weighted by atomic mass is 16.8. The number of aryl methyl sites for hydroxylation is 1. The first-order valence-corrected chi connectivity index (χ1v) is 6.53. The fraction of sp³-hybridized carbons (Fsp3) is 0.467. The molecular formula is C15H23NO3. The van der Waals surface area contributed by atoms with Crippen LogP contribution in [0.1, 0.15) is 50.7 Å². The number of hydrogen-bond acceptors (Lipinski definition) is 3. The summed E-state index contributed by atoms with van der Waals surface area (Å²) in [5.74, 6) is 0.0477. The molecule has 0 radical (unpaired) electrons. The van der Waals surface area contributed by atoms with E-state index in [4.69, 9.17) is 5.21 Å². The molecule has 0 spiro atoms. The summed E-state index contributed by atoms with van der Waals surface area (Å²) < 4.78 is 0. The first-order chi connectivity index (χ1) is 8.84. The van der Waals surface area contributed by atoms with Crippen molar-refractivity contribution in [1.82, 2.24) is 0 Å². The molecule has 1 aromatic rings. The van der Waals surface area contributed by atoms with Gasteiger partial charge in [-0.15, -0.1) is 0 Å². The lowest BCUT2D eigenvalue weighted by atomic mass is 9.93. The van der Waals surface area contributed by atoms with Crippen molar-refractivity contribution in [3.8, 4) is 5.75 Å². The van der Waals surface area contributed by atoms with E-state index < -0.39 is 5.23 Å². The van der Waals surface area contributed by atoms with Crippen molar-refractivity contribution in [3.63, 3.8) is 0 Å². The van der Waals surface area contributed by atoms with E-state index in [0.717, 1.165) is 12.8 Å². The predicted octanol–water partition coefficient (Wildman–Crippen LogP) is 2.95. The third-order valence-electron chi connectivity index (χ3n) is 3.31. The quantitative estimate of drug-likeness (QED) is 0.435. The molecule has 4 heteroatoms. The van der Waals surface area contributed by atoms with Gasteiger partial charge in [0, 0.05) is 11.1 Å². The van der Waals surface area contributed by atoms with E-state index in [2.05, 4.69) is 19.9 Å². The molecule has 1 aromatic carbocycles. The van der Waals surface area contributed by atoms with Crippen molar-refractivity contribution >= 4 is 5.69 Å². The standard InChI is InChI=1S/C15H23NO3/c1-10(2)6-5-7-11(3)13-9-8-12(4)14(15(13)17)16(18)19/h6,8-9,11,16-18H,5,7H2,1-4H3/t11-/m0/s1. The van der Waals surface area contributed by atoms with E-state index in [0.29, 0.717) is 11.1 Å². The first-order valence-electron chi connectivity index (χ1n) is 6.53. The molecule has 19 heavy (non-hydrogen) atoms. The third-order valence-corrected chi connectivity index (χ3v) is 3.31. The molecule has 0 aliphatic heterocycles. The summed E-state index contributed by atoms with van der Waals surface area (Å²) in [5.41, 5.74) is 2.59. The molecule has 1 rings (SSSR count). The molecule has 0 saturated carbocycles. The molecule has 0 bridgehead atoms. The lowest BCUT2D eigenvalue weighted by molar-refractivity contribution is -0.991. The van der Waals surface area contributed by atoms with Crippen LogP contribution in [0.25, 0.3) is 0 Å². The highest BCUT2D eigenvalue weighted by Gasteiger charge is 2.19. The molecule has 0 amide bonds. The van der Waals surface area contributed by atoms with Gasteiger partial charge in [0.1, 0.15) is 0 Å². The molecule has 1 unspecified atom stereocenters. The van der Waals surface area contributed by atoms with Crippen molar-refractivity contribution in [3.05, 3.63) is 40.1 Å². The van der Waals surface area contributed by atoms with Crippen LogP contribution in [0.4, 0.5) is 5.69 Å². The molecule has 0 fully saturated rings. The Morgan fingerprint density at radius 1 is 1.42 bits per heavy atom. The third kappa shape index (κ3) is 4.06. The number of allylic oxidation sites excluding steroid dienone is 2. The highest BCUT2D eigenvalue weighted by Crippen LogP contribution is 2.35. The maximum atomic E-state index is 11.2. The van der Waals surface area contributed by atoms with Crippen molar-refractivity contribution in [1.29, 1.82) is 0 Å². The van der Waals surface area contributed by atoms with Crippen LogP contribution in [0.15, 0.2) is 23.8 Å². The van der Waals surface area contributed by atoms with E-state index in [1.54, 1.807) is 13.0 Å². The minimum Gasteiger partial charge on any atom is -0.595 e. The fourth-order valence-corrected chi connectivity index (χ4v) is 2.15. The summed E-state index contributed by atoms with van der Waals surface area (Å²) in [6.07, 6.45) is 3.97. The van der Waals surface area contributed by atoms with Gasteiger partial charge in [0.2, 0.25) is 5.69 Å². The molecule has 0 aromatic heterocycles. The first kappa shape index (κ1) is 15.7. The Morgan fingerprint density at radius 3 is 2.58 bits per heavy atom. The average molecular weight is 265 g/mol. The Balaban J connectivity index is 2.95. The number of nitrogens with one attached hydrogen (secondary N) is 1. The van der Waals surface area contributed by atoms with Crippen molar-refractivity contribution in [2.45, 2.75) is 46.5 Å². The predicted molar refractivity (Wildman–Crippen MR) is 75.7 cm³/mol. The minimum absolute atomic E-state index is 0.0200. The summed E-state index contributed by atoms with van der Waals surface area (Å²) in [4.78, 5) is 0. The Bertz CT molecular complexity index is 463. The molecule has 3 N–H and O–H groups in total. The van der Waals surface area contributed by atoms with E-state index in [-0.39, 0.29) is 17.4 Å². The van der Waals surface area contributed by atoms with Crippen LogP contribution in [0.3, 0.4) is 0 Å². The molecule has 4 nitrogen and oxygen atoms in total. The number of rotatable bonds is 5. The zero-order valence-corrected chi connectivity index (χ0v) is 12.0. The fourth-order valence-electron chi connectivity index (χ4n) is 2.15. The largest absolute Gasteiger partial charge is 0.595 e. The highest BCUT2D eigenvalue weighted by molar-refractivity contribution is 5.56. The molecule has 0 aliphatic carbocycles. The lowest BCUT2D eigenvalue weighted by Crippen LogP contribution is -2.99. The van der Waals surface area contributed by atoms with Crippen molar-refractivity contribution < 1.29 is 15.5 Å². The van der Waals surface area contributed by atoms with Gasteiger partial charge in [0.05, 0.1) is 0 Å². The van der Waals surface area contributed by atoms with Gasteiger partial charge in [-0.3, -0.25) is 0 Å². The molecule has 0 aliphatic rings. The van der Waals surface area contributed by atoms with Gasteiger partial charge in [-0.2, -0.15) is 5.23 Å². The molecule has 0 heterocycles. The number of benzene rings is 1. The van der Waals surface area contributed by atoms with Crippen LogP contribution < -0.4 is 5.23 Å². The maximum Gasteiger partial charge on any atom is 0.209 e. The van der Waals surface area contributed by atoms with Gasteiger partial charge in [-0.05, 0) is 39.5 Å². The molecule has 106 valence electrons. The lowest BCUT2D eigenvalue weighted by Gasteiger charge is -2.19. The van der Waals surface area contributed by atoms with Crippen LogP contribution in [0.5, 0.6) is 5.75 Å². The summed E-state index contributed by atoms with van der Waals surface area (Å²) in [7, 11) is 0. The Kier molecular flexibility index (Phi) is 5.54. The Hall–Kier alpha value is -1.36. The molecule has 2 atom stereocenters. The van der Waals surface area contributed by atoms with Gasteiger partial charge < -0.3 is 10.3 Å². The van der Waals surface area contributed by atoms with Gasteiger partial charge in [0.15, 0.2) is 5.75 Å². The number of hydrogen-bond donors (Lipinski definition) is 3. The summed E-state index contributed by atoms with van der Waals surface area (Å²) in [6, 6.07) is 3.58. The van der Waals surface area contributed by atoms with Crippen molar-refractivity contribution in [2.75, 3.05) is 0 Å². The van der Waals surface area contributed by atoms with E-state index >= 15 is 0 Å². The monoisotopic (exact) mass is 265 g/mol. The second-order valence-corrected chi connectivity index (χ2v) is 5.26. The second kappa shape index (κ2) is 6.70. The van der Waals surface area contributed by atoms with E-state index in [1.165, 1.54) is 5.57 Å². The zero-order chi connectivity index (χ0) is 14.6. The van der Waals surface area contributed by atoms with Gasteiger partial charge in [0.25, 0.3) is 0 Å². The van der Waals surface area contributed by atoms with Gasteiger partial charge >= 0.3 is 0 Å². The number of phenols is 1. The van der Waals surface area contributed by atoms with E-state index in [9.17, 15) is 10.3 Å². The number of aromatic hydroxyl groups is 1. The van der Waals surface area contributed by atoms with Gasteiger partial charge in [-0.25, -0.2) is 5.21 Å². The van der Waals surface area contributed by atoms with Crippen LogP contribution in [-0.2, 0) is 0 Å². The minimum atomic E-state index is -1.08. The SMILES string of the molecule is CC(C)=CCC[C@H](C)c1ccc(C)c([NH+]([O-])O)c1O. The Morgan fingerprint density at radius 2 is 2.05 bits per heavy atom. The average Bonchev–Trinajstić information content (AvgIpc) is 2.27. The van der Waals surface area contributed by atoms with Crippen LogP contribution in [0, 0.1) is 12.1 Å². The normalized spacial score (nSPS) is 14.0. The zero-order valence-electron chi connectivity index (χ0n) is 12.0. The maximum absolute atomic E-state index is 11.2. The second-order valence-electron chi connectivity index (χ2n) is 5.26. The summed E-state index contributed by atoms with van der Waals surface area (Å²) >= 11 is 0. The summed E-state index contributed by atoms with van der Waals surface area (Å²) in [5, 5.41) is 29.3. The smallest absolute Gasteiger partial charge is 0.209 e. The number of phenolic OH excluding ortho intramolecular Hbond substituents is 1. The van der Waals surface area contributed by atoms with Crippen LogP contribution in [0.2, 0.25) is 0 Å². The van der Waals surface area contributed by atoms with Gasteiger partial charge in [-0.1, -0.05) is 30.7 Å². The van der Waals surface area contributed by atoms with Crippen molar-refractivity contribution in [2.24, 2.45) is 0 Å². The topological polar surface area (TPSA) is 68.0 Å².